The van der Waals surface area contributed by atoms with Gasteiger partial charge in [0.25, 0.3) is 0 Å². The van der Waals surface area contributed by atoms with E-state index in [1.165, 1.54) is 12.8 Å². The number of carbonyl (C=O) groups excluding carboxylic acids is 1. The van der Waals surface area contributed by atoms with E-state index in [9.17, 15) is 9.90 Å². The summed E-state index contributed by atoms with van der Waals surface area (Å²) in [7, 11) is 2.18. The zero-order chi connectivity index (χ0) is 18.1. The minimum absolute atomic E-state index is 0.000438. The lowest BCUT2D eigenvalue weighted by Crippen LogP contribution is -2.43. The fourth-order valence-electron chi connectivity index (χ4n) is 4.47. The summed E-state index contributed by atoms with van der Waals surface area (Å²) in [5, 5.41) is 9.58. The van der Waals surface area contributed by atoms with Gasteiger partial charge in [0.05, 0.1) is 0 Å². The number of fused-ring (bicyclic) bond motifs is 2. The summed E-state index contributed by atoms with van der Waals surface area (Å²) >= 11 is 0. The Morgan fingerprint density at radius 1 is 1.00 bits per heavy atom. The van der Waals surface area contributed by atoms with E-state index in [1.807, 2.05) is 30.3 Å². The summed E-state index contributed by atoms with van der Waals surface area (Å²) in [6, 6.07) is 17.6. The molecule has 2 aliphatic heterocycles. The zero-order valence-corrected chi connectivity index (χ0v) is 15.0. The molecule has 26 heavy (non-hydrogen) atoms. The lowest BCUT2D eigenvalue weighted by molar-refractivity contribution is -0.153. The summed E-state index contributed by atoms with van der Waals surface area (Å²) in [6.07, 6.45) is 4.26. The largest absolute Gasteiger partial charge is 0.508 e. The molecule has 4 rings (SSSR count). The topological polar surface area (TPSA) is 49.8 Å². The summed E-state index contributed by atoms with van der Waals surface area (Å²) in [5.41, 5.74) is 1.76. The number of piperidine rings is 1. The van der Waals surface area contributed by atoms with Crippen LogP contribution in [-0.4, -0.2) is 41.2 Å². The standard InChI is InChI=1S/C22H25NO3/c1-23-17-9-10-18(23)14-20(13-17)26-22(25)21(15-5-3-2-4-6-15)16-7-11-19(24)12-8-16/h2-8,11-12,17-18,20-21,24H,9-10,13-14H2,1H3. The van der Waals surface area contributed by atoms with Crippen LogP contribution in [0.4, 0.5) is 0 Å². The number of benzene rings is 2. The summed E-state index contributed by atoms with van der Waals surface area (Å²) < 4.78 is 5.99. The van der Waals surface area contributed by atoms with Gasteiger partial charge in [0.15, 0.2) is 0 Å². The van der Waals surface area contributed by atoms with Gasteiger partial charge in [-0.15, -0.1) is 0 Å². The van der Waals surface area contributed by atoms with Gasteiger partial charge < -0.3 is 14.7 Å². The van der Waals surface area contributed by atoms with Gasteiger partial charge in [-0.25, -0.2) is 0 Å². The van der Waals surface area contributed by atoms with Gasteiger partial charge in [0.1, 0.15) is 17.8 Å². The van der Waals surface area contributed by atoms with E-state index in [1.54, 1.807) is 24.3 Å². The smallest absolute Gasteiger partial charge is 0.318 e. The van der Waals surface area contributed by atoms with Crippen molar-refractivity contribution in [1.29, 1.82) is 0 Å². The Labute approximate surface area is 154 Å². The highest BCUT2D eigenvalue weighted by molar-refractivity contribution is 5.82. The molecule has 4 heteroatoms. The zero-order valence-electron chi connectivity index (χ0n) is 15.0. The molecule has 136 valence electrons. The van der Waals surface area contributed by atoms with Crippen LogP contribution in [0.2, 0.25) is 0 Å². The molecule has 2 aromatic rings. The van der Waals surface area contributed by atoms with E-state index in [-0.39, 0.29) is 17.8 Å². The predicted molar refractivity (Wildman–Crippen MR) is 100 cm³/mol. The Kier molecular flexibility index (Phi) is 4.68. The molecule has 2 heterocycles. The number of carbonyl (C=O) groups is 1. The lowest BCUT2D eigenvalue weighted by Gasteiger charge is -2.36. The fraction of sp³-hybridized carbons (Fsp3) is 0.409. The van der Waals surface area contributed by atoms with Crippen molar-refractivity contribution in [2.24, 2.45) is 0 Å². The van der Waals surface area contributed by atoms with Crippen molar-refractivity contribution in [2.75, 3.05) is 7.05 Å². The van der Waals surface area contributed by atoms with E-state index >= 15 is 0 Å². The van der Waals surface area contributed by atoms with Crippen molar-refractivity contribution >= 4 is 5.97 Å². The number of phenolic OH excluding ortho intramolecular Hbond substituents is 1. The van der Waals surface area contributed by atoms with Crippen LogP contribution in [0.5, 0.6) is 5.75 Å². The summed E-state index contributed by atoms with van der Waals surface area (Å²) in [5.74, 6) is -0.467. The highest BCUT2D eigenvalue weighted by atomic mass is 16.5. The number of hydrogen-bond acceptors (Lipinski definition) is 4. The molecule has 0 amide bonds. The summed E-state index contributed by atoms with van der Waals surface area (Å²) in [6.45, 7) is 0. The maximum Gasteiger partial charge on any atom is 0.318 e. The maximum atomic E-state index is 13.1. The van der Waals surface area contributed by atoms with E-state index in [0.29, 0.717) is 12.1 Å². The molecule has 2 saturated heterocycles. The third kappa shape index (κ3) is 3.34. The molecule has 2 bridgehead atoms. The third-order valence-electron chi connectivity index (χ3n) is 5.93. The van der Waals surface area contributed by atoms with Crippen molar-refractivity contribution in [3.05, 3.63) is 65.7 Å². The molecule has 2 aromatic carbocycles. The monoisotopic (exact) mass is 351 g/mol. The second-order valence-corrected chi connectivity index (χ2v) is 7.52. The molecule has 2 aliphatic rings. The van der Waals surface area contributed by atoms with E-state index in [2.05, 4.69) is 11.9 Å². The highest BCUT2D eigenvalue weighted by Gasteiger charge is 2.40. The molecule has 0 aliphatic carbocycles. The Morgan fingerprint density at radius 2 is 1.58 bits per heavy atom. The van der Waals surface area contributed by atoms with Crippen LogP contribution in [0.1, 0.15) is 42.7 Å². The Balaban J connectivity index is 1.56. The van der Waals surface area contributed by atoms with Crippen LogP contribution in [0, 0.1) is 0 Å². The molecule has 0 saturated carbocycles. The third-order valence-corrected chi connectivity index (χ3v) is 5.93. The van der Waals surface area contributed by atoms with Crippen molar-refractivity contribution in [3.8, 4) is 5.75 Å². The average molecular weight is 351 g/mol. The molecule has 1 N–H and O–H groups in total. The SMILES string of the molecule is CN1C2CCC1CC(OC(=O)C(c1ccccc1)c1ccc(O)cc1)C2. The predicted octanol–water partition coefficient (Wildman–Crippen LogP) is 3.69. The van der Waals surface area contributed by atoms with Crippen LogP contribution in [0.3, 0.4) is 0 Å². The van der Waals surface area contributed by atoms with Gasteiger partial charge in [0, 0.05) is 12.1 Å². The molecule has 0 radical (unpaired) electrons. The summed E-state index contributed by atoms with van der Waals surface area (Å²) in [4.78, 5) is 15.6. The molecular weight excluding hydrogens is 326 g/mol. The number of ether oxygens (including phenoxy) is 1. The van der Waals surface area contributed by atoms with Crippen LogP contribution in [0.25, 0.3) is 0 Å². The second kappa shape index (κ2) is 7.12. The number of nitrogens with zero attached hydrogens (tertiary/aromatic N) is 1. The van der Waals surface area contributed by atoms with Crippen LogP contribution >= 0.6 is 0 Å². The van der Waals surface area contributed by atoms with Crippen LogP contribution in [-0.2, 0) is 9.53 Å². The number of rotatable bonds is 4. The minimum Gasteiger partial charge on any atom is -0.508 e. The molecule has 2 fully saturated rings. The van der Waals surface area contributed by atoms with E-state index in [4.69, 9.17) is 4.74 Å². The van der Waals surface area contributed by atoms with Crippen molar-refractivity contribution in [2.45, 2.75) is 49.8 Å². The van der Waals surface area contributed by atoms with Gasteiger partial charge in [0.2, 0.25) is 0 Å². The van der Waals surface area contributed by atoms with Gasteiger partial charge in [-0.3, -0.25) is 4.79 Å². The van der Waals surface area contributed by atoms with Crippen LogP contribution < -0.4 is 0 Å². The molecule has 3 unspecified atom stereocenters. The Hall–Kier alpha value is -2.33. The quantitative estimate of drug-likeness (QED) is 0.854. The van der Waals surface area contributed by atoms with Crippen LogP contribution in [0.15, 0.2) is 54.6 Å². The van der Waals surface area contributed by atoms with E-state index < -0.39 is 5.92 Å². The van der Waals surface area contributed by atoms with E-state index in [0.717, 1.165) is 24.0 Å². The highest BCUT2D eigenvalue weighted by Crippen LogP contribution is 2.37. The Bertz CT molecular complexity index is 745. The fourth-order valence-corrected chi connectivity index (χ4v) is 4.47. The first-order chi connectivity index (χ1) is 12.6. The first-order valence-electron chi connectivity index (χ1n) is 9.38. The average Bonchev–Trinajstić information content (AvgIpc) is 2.85. The normalized spacial score (nSPS) is 26.4. The molecule has 3 atom stereocenters. The molecular formula is C22H25NO3. The molecule has 0 aromatic heterocycles. The molecule has 4 nitrogen and oxygen atoms in total. The number of phenols is 1. The number of aromatic hydroxyl groups is 1. The van der Waals surface area contributed by atoms with Crippen molar-refractivity contribution in [1.82, 2.24) is 4.90 Å². The Morgan fingerprint density at radius 3 is 2.19 bits per heavy atom. The first kappa shape index (κ1) is 17.1. The van der Waals surface area contributed by atoms with Crippen molar-refractivity contribution < 1.29 is 14.6 Å². The van der Waals surface area contributed by atoms with Gasteiger partial charge >= 0.3 is 5.97 Å². The second-order valence-electron chi connectivity index (χ2n) is 7.52. The maximum absolute atomic E-state index is 13.1. The minimum atomic E-state index is -0.464. The van der Waals surface area contributed by atoms with Crippen molar-refractivity contribution in [3.63, 3.8) is 0 Å². The van der Waals surface area contributed by atoms with Gasteiger partial charge in [-0.05, 0) is 56.0 Å². The van der Waals surface area contributed by atoms with Gasteiger partial charge in [-0.1, -0.05) is 42.5 Å². The number of esters is 1. The first-order valence-corrected chi connectivity index (χ1v) is 9.38. The number of hydrogen-bond donors (Lipinski definition) is 1. The lowest BCUT2D eigenvalue weighted by atomic mass is 9.91. The molecule has 0 spiro atoms. The van der Waals surface area contributed by atoms with Gasteiger partial charge in [-0.2, -0.15) is 0 Å².